The SMILES string of the molecule is Cc1ccc2c(c1)C1[C@H]3C[C@H]([C@@H]1N2CCc1ccc(C)nc1)N(C)C3. The third-order valence-corrected chi connectivity index (χ3v) is 6.73. The molecule has 1 saturated heterocycles. The second-order valence-corrected chi connectivity index (χ2v) is 8.33. The highest BCUT2D eigenvalue weighted by Crippen LogP contribution is 2.56. The molecule has 3 heterocycles. The van der Waals surface area contributed by atoms with E-state index in [4.69, 9.17) is 0 Å². The average molecular weight is 333 g/mol. The third-order valence-electron chi connectivity index (χ3n) is 6.73. The van der Waals surface area contributed by atoms with Crippen molar-refractivity contribution in [1.82, 2.24) is 9.88 Å². The molecule has 3 heteroatoms. The summed E-state index contributed by atoms with van der Waals surface area (Å²) in [6, 6.07) is 12.9. The first-order chi connectivity index (χ1) is 12.1. The molecule has 5 rings (SSSR count). The molecule has 2 aromatic rings. The Morgan fingerprint density at radius 1 is 1.16 bits per heavy atom. The number of benzene rings is 1. The fourth-order valence-electron chi connectivity index (χ4n) is 5.62. The van der Waals surface area contributed by atoms with Gasteiger partial charge >= 0.3 is 0 Å². The van der Waals surface area contributed by atoms with Crippen LogP contribution in [0.3, 0.4) is 0 Å². The quantitative estimate of drug-likeness (QED) is 0.856. The van der Waals surface area contributed by atoms with Gasteiger partial charge in [-0.15, -0.1) is 0 Å². The van der Waals surface area contributed by atoms with Crippen LogP contribution in [-0.2, 0) is 6.42 Å². The van der Waals surface area contributed by atoms with Crippen molar-refractivity contribution in [1.29, 1.82) is 0 Å². The Balaban J connectivity index is 1.46. The molecular weight excluding hydrogens is 306 g/mol. The number of aryl methyl sites for hydroxylation is 2. The molecule has 1 aromatic heterocycles. The maximum atomic E-state index is 4.47. The van der Waals surface area contributed by atoms with Crippen molar-refractivity contribution < 1.29 is 0 Å². The fraction of sp³-hybridized carbons (Fsp3) is 0.500. The van der Waals surface area contributed by atoms with E-state index in [9.17, 15) is 0 Å². The summed E-state index contributed by atoms with van der Waals surface area (Å²) in [5.74, 6) is 1.58. The average Bonchev–Trinajstić information content (AvgIpc) is 3.23. The standard InChI is InChI=1S/C22H27N3/c1-14-4-7-19-18(10-14)21-17-11-20(24(3)13-17)22(21)25(19)9-8-16-6-5-15(2)23-12-16/h4-7,10,12,17,20-22H,8-9,11,13H2,1-3H3/t17-,20+,21?,22-/m0/s1. The summed E-state index contributed by atoms with van der Waals surface area (Å²) in [5.41, 5.74) is 6.95. The molecule has 25 heavy (non-hydrogen) atoms. The van der Waals surface area contributed by atoms with Crippen molar-refractivity contribution >= 4 is 5.69 Å². The van der Waals surface area contributed by atoms with Gasteiger partial charge in [-0.3, -0.25) is 4.98 Å². The molecule has 3 aliphatic rings. The van der Waals surface area contributed by atoms with Crippen molar-refractivity contribution in [2.45, 2.75) is 44.7 Å². The number of piperidine rings is 1. The zero-order valence-corrected chi connectivity index (χ0v) is 15.4. The normalized spacial score (nSPS) is 30.0. The van der Waals surface area contributed by atoms with Gasteiger partial charge in [-0.05, 0) is 62.9 Å². The van der Waals surface area contributed by atoms with Crippen molar-refractivity contribution in [2.24, 2.45) is 5.92 Å². The van der Waals surface area contributed by atoms with Crippen LogP contribution in [0, 0.1) is 19.8 Å². The van der Waals surface area contributed by atoms with Crippen LogP contribution in [0.1, 0.15) is 34.7 Å². The van der Waals surface area contributed by atoms with Crippen molar-refractivity contribution in [3.05, 3.63) is 58.9 Å². The Morgan fingerprint density at radius 2 is 2.04 bits per heavy atom. The number of fused-ring (bicyclic) bond motifs is 7. The number of aromatic nitrogens is 1. The van der Waals surface area contributed by atoms with E-state index in [0.29, 0.717) is 6.04 Å². The molecule has 1 saturated carbocycles. The molecule has 2 fully saturated rings. The van der Waals surface area contributed by atoms with E-state index in [1.807, 2.05) is 6.20 Å². The van der Waals surface area contributed by atoms with Gasteiger partial charge in [0.2, 0.25) is 0 Å². The molecule has 1 aromatic carbocycles. The van der Waals surface area contributed by atoms with Crippen LogP contribution < -0.4 is 4.90 Å². The summed E-state index contributed by atoms with van der Waals surface area (Å²) in [6.45, 7) is 6.65. The number of anilines is 1. The lowest BCUT2D eigenvalue weighted by Gasteiger charge is -2.38. The Kier molecular flexibility index (Phi) is 3.43. The minimum atomic E-state index is 0.666. The lowest BCUT2D eigenvalue weighted by molar-refractivity contribution is 0.217. The highest BCUT2D eigenvalue weighted by Gasteiger charge is 2.56. The summed E-state index contributed by atoms with van der Waals surface area (Å²) in [6.07, 6.45) is 4.50. The summed E-state index contributed by atoms with van der Waals surface area (Å²) in [4.78, 5) is 9.79. The van der Waals surface area contributed by atoms with Crippen LogP contribution >= 0.6 is 0 Å². The Morgan fingerprint density at radius 3 is 2.84 bits per heavy atom. The van der Waals surface area contributed by atoms with Crippen molar-refractivity contribution in [3.8, 4) is 0 Å². The van der Waals surface area contributed by atoms with E-state index in [1.54, 1.807) is 5.56 Å². The molecule has 0 N–H and O–H groups in total. The van der Waals surface area contributed by atoms with Gasteiger partial charge in [0, 0.05) is 42.6 Å². The van der Waals surface area contributed by atoms with E-state index < -0.39 is 0 Å². The molecular formula is C22H27N3. The molecule has 1 unspecified atom stereocenters. The number of pyridine rings is 1. The summed E-state index contributed by atoms with van der Waals surface area (Å²) in [5, 5.41) is 0. The van der Waals surface area contributed by atoms with E-state index in [0.717, 1.165) is 36.5 Å². The highest BCUT2D eigenvalue weighted by atomic mass is 15.3. The van der Waals surface area contributed by atoms with E-state index in [2.05, 4.69) is 66.0 Å². The molecule has 3 nitrogen and oxygen atoms in total. The molecule has 0 radical (unpaired) electrons. The second-order valence-electron chi connectivity index (χ2n) is 8.33. The van der Waals surface area contributed by atoms with Crippen LogP contribution in [0.4, 0.5) is 5.69 Å². The summed E-state index contributed by atoms with van der Waals surface area (Å²) < 4.78 is 0. The van der Waals surface area contributed by atoms with Gasteiger partial charge in [-0.25, -0.2) is 0 Å². The largest absolute Gasteiger partial charge is 0.366 e. The third kappa shape index (κ3) is 2.32. The topological polar surface area (TPSA) is 19.4 Å². The first kappa shape index (κ1) is 15.4. The maximum absolute atomic E-state index is 4.47. The first-order valence-corrected chi connectivity index (χ1v) is 9.61. The number of likely N-dealkylation sites (N-methyl/N-ethyl adjacent to an activating group) is 1. The van der Waals surface area contributed by atoms with Gasteiger partial charge < -0.3 is 9.80 Å². The lowest BCUT2D eigenvalue weighted by Crippen LogP contribution is -2.49. The minimum absolute atomic E-state index is 0.666. The van der Waals surface area contributed by atoms with Gasteiger partial charge in [0.1, 0.15) is 0 Å². The Labute approximate surface area is 150 Å². The van der Waals surface area contributed by atoms with Gasteiger partial charge in [0.15, 0.2) is 0 Å². The van der Waals surface area contributed by atoms with Gasteiger partial charge in [0.05, 0.1) is 6.04 Å². The van der Waals surface area contributed by atoms with Crippen LogP contribution in [0.15, 0.2) is 36.5 Å². The molecule has 2 aliphatic heterocycles. The maximum Gasteiger partial charge on any atom is 0.0518 e. The van der Waals surface area contributed by atoms with Crippen LogP contribution in [0.2, 0.25) is 0 Å². The number of hydrogen-bond donors (Lipinski definition) is 0. The summed E-state index contributed by atoms with van der Waals surface area (Å²) >= 11 is 0. The predicted molar refractivity (Wildman–Crippen MR) is 102 cm³/mol. The molecule has 2 bridgehead atoms. The van der Waals surface area contributed by atoms with E-state index in [1.165, 1.54) is 29.8 Å². The molecule has 4 atom stereocenters. The van der Waals surface area contributed by atoms with Gasteiger partial charge in [-0.1, -0.05) is 23.8 Å². The van der Waals surface area contributed by atoms with Crippen LogP contribution in [0.25, 0.3) is 0 Å². The molecule has 130 valence electrons. The zero-order valence-electron chi connectivity index (χ0n) is 15.4. The number of hydrogen-bond acceptors (Lipinski definition) is 3. The minimum Gasteiger partial charge on any atom is -0.366 e. The first-order valence-electron chi connectivity index (χ1n) is 9.61. The Bertz CT molecular complexity index is 797. The second kappa shape index (κ2) is 5.57. The van der Waals surface area contributed by atoms with Crippen LogP contribution in [0.5, 0.6) is 0 Å². The van der Waals surface area contributed by atoms with Gasteiger partial charge in [-0.2, -0.15) is 0 Å². The Hall–Kier alpha value is -1.87. The van der Waals surface area contributed by atoms with Crippen LogP contribution in [-0.4, -0.2) is 42.1 Å². The molecule has 0 spiro atoms. The van der Waals surface area contributed by atoms with E-state index >= 15 is 0 Å². The number of nitrogens with zero attached hydrogens (tertiary/aromatic N) is 3. The summed E-state index contributed by atoms with van der Waals surface area (Å²) in [7, 11) is 2.32. The van der Waals surface area contributed by atoms with Crippen molar-refractivity contribution in [3.63, 3.8) is 0 Å². The molecule has 1 aliphatic carbocycles. The predicted octanol–water partition coefficient (Wildman–Crippen LogP) is 3.55. The van der Waals surface area contributed by atoms with Crippen molar-refractivity contribution in [2.75, 3.05) is 25.0 Å². The van der Waals surface area contributed by atoms with Gasteiger partial charge in [0.25, 0.3) is 0 Å². The highest BCUT2D eigenvalue weighted by molar-refractivity contribution is 5.65. The monoisotopic (exact) mass is 333 g/mol. The fourth-order valence-corrected chi connectivity index (χ4v) is 5.62. The zero-order chi connectivity index (χ0) is 17.1. The number of likely N-dealkylation sites (tertiary alicyclic amines) is 1. The lowest BCUT2D eigenvalue weighted by atomic mass is 9.86. The number of rotatable bonds is 3. The van der Waals surface area contributed by atoms with E-state index in [-0.39, 0.29) is 0 Å². The smallest absolute Gasteiger partial charge is 0.0518 e. The molecule has 0 amide bonds.